The molecule has 3 heterocycles. The van der Waals surface area contributed by atoms with Gasteiger partial charge in [-0.2, -0.15) is 10.2 Å². The molecule has 58 heavy (non-hydrogen) atoms. The fourth-order valence-corrected chi connectivity index (χ4v) is 6.76. The van der Waals surface area contributed by atoms with Crippen LogP contribution in [-0.4, -0.2) is 120 Å². The highest BCUT2D eigenvalue weighted by Crippen LogP contribution is 2.21. The minimum Gasteiger partial charge on any atom is -0.379 e. The van der Waals surface area contributed by atoms with Crippen LogP contribution < -0.4 is 27.0 Å². The van der Waals surface area contributed by atoms with Gasteiger partial charge in [-0.25, -0.2) is 4.79 Å². The molecule has 2 aliphatic heterocycles. The lowest BCUT2D eigenvalue weighted by molar-refractivity contribution is -0.126. The van der Waals surface area contributed by atoms with E-state index in [1.54, 1.807) is 18.2 Å². The minimum absolute atomic E-state index is 0.203. The number of benzene rings is 3. The Morgan fingerprint density at radius 3 is 1.76 bits per heavy atom. The van der Waals surface area contributed by atoms with E-state index in [0.717, 1.165) is 0 Å². The number of carbonyl (C=O) groups is 5. The third-order valence-corrected chi connectivity index (χ3v) is 9.89. The largest absolute Gasteiger partial charge is 0.379 e. The molecule has 2 fully saturated rings. The zero-order chi connectivity index (χ0) is 41.2. The molecule has 0 radical (unpaired) electrons. The number of rotatable bonds is 15. The zero-order valence-electron chi connectivity index (χ0n) is 32.6. The van der Waals surface area contributed by atoms with Crippen LogP contribution >= 0.6 is 0 Å². The fourth-order valence-electron chi connectivity index (χ4n) is 6.76. The second-order valence-electron chi connectivity index (χ2n) is 13.9. The van der Waals surface area contributed by atoms with Crippen LogP contribution in [0.3, 0.4) is 0 Å². The molecule has 2 saturated heterocycles. The van der Waals surface area contributed by atoms with Gasteiger partial charge >= 0.3 is 5.69 Å². The van der Waals surface area contributed by atoms with Crippen LogP contribution in [0.4, 0.5) is 17.1 Å². The van der Waals surface area contributed by atoms with Crippen molar-refractivity contribution in [1.82, 2.24) is 30.4 Å². The highest BCUT2D eigenvalue weighted by atomic mass is 16.5. The Hall–Kier alpha value is -6.08. The van der Waals surface area contributed by atoms with Gasteiger partial charge in [0.05, 0.1) is 55.5 Å². The van der Waals surface area contributed by atoms with Crippen LogP contribution in [0.5, 0.6) is 0 Å². The summed E-state index contributed by atoms with van der Waals surface area (Å²) in [7, 11) is 0. The topological polar surface area (TPSA) is 232 Å². The monoisotopic (exact) mass is 796 g/mol. The van der Waals surface area contributed by atoms with Crippen LogP contribution in [0.25, 0.3) is 11.0 Å². The van der Waals surface area contributed by atoms with Crippen molar-refractivity contribution in [3.8, 4) is 0 Å². The molecule has 3 atom stereocenters. The molecule has 306 valence electrons. The summed E-state index contributed by atoms with van der Waals surface area (Å²) in [5, 5.41) is 19.6. The molecule has 4 aromatic rings. The number of H-pyrrole nitrogens is 2. The van der Waals surface area contributed by atoms with Crippen LogP contribution in [0.15, 0.2) is 75.7 Å². The third kappa shape index (κ3) is 10.6. The Labute approximate surface area is 334 Å². The van der Waals surface area contributed by atoms with Crippen molar-refractivity contribution in [2.24, 2.45) is 10.2 Å². The van der Waals surface area contributed by atoms with E-state index < -0.39 is 41.1 Å². The molecule has 2 aliphatic rings. The number of nitrogens with zero attached hydrogens (tertiary/aromatic N) is 4. The SMILES string of the molecule is CCC(NC(=O)c1cc(NC(=O)c2ccc(N=NC(C(C)=O)C(=O)Nc3ccc4[nH]c(=O)[nH]c4c3)cc2)cc(C(=O)NC(CC)N2CCOCC2)c1)N1CCOCC1. The van der Waals surface area contributed by atoms with Crippen molar-refractivity contribution in [2.45, 2.75) is 52.0 Å². The first-order valence-electron chi connectivity index (χ1n) is 19.3. The molecular formula is C40H48N10O8. The first kappa shape index (κ1) is 41.6. The molecule has 3 unspecified atom stereocenters. The number of imidazole rings is 1. The van der Waals surface area contributed by atoms with E-state index in [-0.39, 0.29) is 40.4 Å². The highest BCUT2D eigenvalue weighted by molar-refractivity contribution is 6.10. The van der Waals surface area contributed by atoms with Gasteiger partial charge in [0.25, 0.3) is 23.6 Å². The van der Waals surface area contributed by atoms with E-state index in [2.05, 4.69) is 51.3 Å². The van der Waals surface area contributed by atoms with Gasteiger partial charge in [-0.3, -0.25) is 33.8 Å². The second-order valence-corrected chi connectivity index (χ2v) is 13.9. The number of morpholine rings is 2. The number of hydrogen-bond acceptors (Lipinski definition) is 12. The van der Waals surface area contributed by atoms with E-state index in [1.807, 2.05) is 13.8 Å². The molecule has 1 aromatic heterocycles. The van der Waals surface area contributed by atoms with Gasteiger partial charge in [0.15, 0.2) is 5.78 Å². The van der Waals surface area contributed by atoms with Crippen LogP contribution in [0, 0.1) is 0 Å². The summed E-state index contributed by atoms with van der Waals surface area (Å²) >= 11 is 0. The Balaban J connectivity index is 1.16. The molecule has 3 aromatic carbocycles. The molecule has 18 nitrogen and oxygen atoms in total. The van der Waals surface area contributed by atoms with Crippen molar-refractivity contribution in [2.75, 3.05) is 63.2 Å². The lowest BCUT2D eigenvalue weighted by atomic mass is 10.1. The van der Waals surface area contributed by atoms with Crippen molar-refractivity contribution >= 4 is 57.5 Å². The molecule has 18 heteroatoms. The van der Waals surface area contributed by atoms with E-state index >= 15 is 0 Å². The van der Waals surface area contributed by atoms with Gasteiger partial charge < -0.3 is 40.7 Å². The summed E-state index contributed by atoms with van der Waals surface area (Å²) in [5.41, 5.74) is 2.14. The first-order valence-corrected chi connectivity index (χ1v) is 19.3. The van der Waals surface area contributed by atoms with E-state index in [9.17, 15) is 28.8 Å². The Morgan fingerprint density at radius 2 is 1.22 bits per heavy atom. The third-order valence-electron chi connectivity index (χ3n) is 9.89. The van der Waals surface area contributed by atoms with Gasteiger partial charge in [0.1, 0.15) is 0 Å². The summed E-state index contributed by atoms with van der Waals surface area (Å²) in [5.74, 6) is -2.57. The smallest absolute Gasteiger partial charge is 0.323 e. The van der Waals surface area contributed by atoms with Crippen LogP contribution in [0.1, 0.15) is 64.7 Å². The predicted molar refractivity (Wildman–Crippen MR) is 215 cm³/mol. The maximum Gasteiger partial charge on any atom is 0.323 e. The van der Waals surface area contributed by atoms with Crippen molar-refractivity contribution in [3.05, 3.63) is 87.8 Å². The molecule has 0 spiro atoms. The van der Waals surface area contributed by atoms with E-state index in [4.69, 9.17) is 9.47 Å². The van der Waals surface area contributed by atoms with Gasteiger partial charge in [-0.15, -0.1) is 0 Å². The Kier molecular flexibility index (Phi) is 13.9. The maximum atomic E-state index is 13.7. The number of anilines is 2. The molecule has 4 amide bonds. The molecule has 6 rings (SSSR count). The summed E-state index contributed by atoms with van der Waals surface area (Å²) in [4.78, 5) is 87.4. The predicted octanol–water partition coefficient (Wildman–Crippen LogP) is 3.38. The normalized spacial score (nSPS) is 16.7. The van der Waals surface area contributed by atoms with Crippen molar-refractivity contribution in [3.63, 3.8) is 0 Å². The molecule has 6 N–H and O–H groups in total. The summed E-state index contributed by atoms with van der Waals surface area (Å²) < 4.78 is 11.0. The van der Waals surface area contributed by atoms with Crippen LogP contribution in [0.2, 0.25) is 0 Å². The zero-order valence-corrected chi connectivity index (χ0v) is 32.6. The van der Waals surface area contributed by atoms with Gasteiger partial charge in [-0.05, 0) is 80.4 Å². The van der Waals surface area contributed by atoms with Crippen molar-refractivity contribution < 1.29 is 33.4 Å². The number of aromatic nitrogens is 2. The number of nitrogens with one attached hydrogen (secondary N) is 6. The number of hydrogen-bond donors (Lipinski definition) is 6. The average Bonchev–Trinajstić information content (AvgIpc) is 3.61. The second kappa shape index (κ2) is 19.4. The maximum absolute atomic E-state index is 13.7. The number of aromatic amines is 2. The molecule has 0 bridgehead atoms. The standard InChI is InChI=1S/C40H48N10O8/c1-4-33(49-12-16-57-17-13-49)45-37(53)26-20-27(38(54)46-34(5-2)50-14-18-58-19-15-50)22-30(21-26)42-36(52)25-6-8-28(9-7-25)47-48-35(24(3)51)39(55)41-29-10-11-31-32(23-29)44-40(56)43-31/h6-11,20-23,33-35H,4-5,12-19H2,1-3H3,(H,41,55)(H,42,52)(H,45,53)(H,46,54)(H2,43,44,56). The number of ketones is 1. The van der Waals surface area contributed by atoms with E-state index in [0.29, 0.717) is 82.2 Å². The fraction of sp³-hybridized carbons (Fsp3) is 0.400. The average molecular weight is 797 g/mol. The lowest BCUT2D eigenvalue weighted by Gasteiger charge is -2.34. The summed E-state index contributed by atoms with van der Waals surface area (Å²) in [6.45, 7) is 10.1. The van der Waals surface area contributed by atoms with Gasteiger partial charge in [0.2, 0.25) is 6.04 Å². The Bertz CT molecular complexity index is 2150. The summed E-state index contributed by atoms with van der Waals surface area (Å²) in [6.07, 6.45) is 0.809. The van der Waals surface area contributed by atoms with E-state index in [1.165, 1.54) is 49.4 Å². The molecule has 0 saturated carbocycles. The number of ether oxygens (including phenoxy) is 2. The van der Waals surface area contributed by atoms with Crippen molar-refractivity contribution in [1.29, 1.82) is 0 Å². The Morgan fingerprint density at radius 1 is 0.672 bits per heavy atom. The van der Waals surface area contributed by atoms with Gasteiger partial charge in [0, 0.05) is 54.2 Å². The number of azo groups is 1. The molecule has 0 aliphatic carbocycles. The quantitative estimate of drug-likeness (QED) is 0.0759. The number of carbonyl (C=O) groups excluding carboxylic acids is 5. The van der Waals surface area contributed by atoms with Gasteiger partial charge in [-0.1, -0.05) is 13.8 Å². The first-order chi connectivity index (χ1) is 28.0. The van der Waals surface area contributed by atoms with Crippen LogP contribution in [-0.2, 0) is 19.1 Å². The minimum atomic E-state index is -1.46. The molecular weight excluding hydrogens is 749 g/mol. The highest BCUT2D eigenvalue weighted by Gasteiger charge is 2.26. The number of Topliss-reactive ketones (excluding diaryl/α,β-unsaturated/α-hetero) is 1. The summed E-state index contributed by atoms with van der Waals surface area (Å²) in [6, 6.07) is 13.8. The number of amides is 4. The number of fused-ring (bicyclic) bond motifs is 1. The lowest BCUT2D eigenvalue weighted by Crippen LogP contribution is -2.52.